The summed E-state index contributed by atoms with van der Waals surface area (Å²) in [6, 6.07) is 8.15. The maximum Gasteiger partial charge on any atom is 0.0515 e. The van der Waals surface area contributed by atoms with E-state index in [0.29, 0.717) is 0 Å². The lowest BCUT2D eigenvalue weighted by molar-refractivity contribution is 0.185. The minimum absolute atomic E-state index is 0.224. The molecule has 1 aromatic carbocycles. The van der Waals surface area contributed by atoms with Gasteiger partial charge in [-0.15, -0.1) is 0 Å². The molecule has 0 aliphatic heterocycles. The molecular formula is C12H16O. The molecule has 0 unspecified atom stereocenters. The molecule has 0 aromatic heterocycles. The van der Waals surface area contributed by atoms with Crippen LogP contribution in [-0.4, -0.2) is 11.2 Å². The van der Waals surface area contributed by atoms with Crippen LogP contribution < -0.4 is 0 Å². The third-order valence-electron chi connectivity index (χ3n) is 2.11. The molecule has 1 heteroatoms. The third-order valence-corrected chi connectivity index (χ3v) is 2.11. The molecule has 0 bridgehead atoms. The SMILES string of the molecule is C=Cc1ccccc1CC[C@@H](C)O. The van der Waals surface area contributed by atoms with Gasteiger partial charge in [-0.05, 0) is 30.9 Å². The number of aliphatic hydroxyl groups excluding tert-OH is 1. The van der Waals surface area contributed by atoms with E-state index in [-0.39, 0.29) is 6.10 Å². The summed E-state index contributed by atoms with van der Waals surface area (Å²) in [5, 5.41) is 9.15. The Kier molecular flexibility index (Phi) is 3.71. The van der Waals surface area contributed by atoms with Gasteiger partial charge in [0.1, 0.15) is 0 Å². The molecule has 1 nitrogen and oxygen atoms in total. The maximum atomic E-state index is 9.15. The number of hydrogen-bond acceptors (Lipinski definition) is 1. The van der Waals surface area contributed by atoms with Crippen molar-refractivity contribution in [1.82, 2.24) is 0 Å². The van der Waals surface area contributed by atoms with Crippen molar-refractivity contribution >= 4 is 6.08 Å². The summed E-state index contributed by atoms with van der Waals surface area (Å²) in [7, 11) is 0. The molecule has 0 heterocycles. The predicted molar refractivity (Wildman–Crippen MR) is 56.5 cm³/mol. The number of aliphatic hydroxyl groups is 1. The van der Waals surface area contributed by atoms with Gasteiger partial charge in [-0.2, -0.15) is 0 Å². The molecule has 70 valence electrons. The van der Waals surface area contributed by atoms with E-state index in [1.165, 1.54) is 11.1 Å². The highest BCUT2D eigenvalue weighted by Crippen LogP contribution is 2.12. The zero-order valence-corrected chi connectivity index (χ0v) is 8.03. The van der Waals surface area contributed by atoms with Crippen LogP contribution >= 0.6 is 0 Å². The first kappa shape index (κ1) is 10.0. The van der Waals surface area contributed by atoms with E-state index in [0.717, 1.165) is 12.8 Å². The Bertz CT molecular complexity index is 276. The molecule has 1 rings (SSSR count). The van der Waals surface area contributed by atoms with Crippen LogP contribution in [0.1, 0.15) is 24.5 Å². The second kappa shape index (κ2) is 4.83. The van der Waals surface area contributed by atoms with Crippen molar-refractivity contribution in [2.24, 2.45) is 0 Å². The highest BCUT2D eigenvalue weighted by atomic mass is 16.3. The van der Waals surface area contributed by atoms with Crippen LogP contribution in [0.25, 0.3) is 6.08 Å². The van der Waals surface area contributed by atoms with E-state index in [2.05, 4.69) is 12.6 Å². The van der Waals surface area contributed by atoms with Gasteiger partial charge in [-0.1, -0.05) is 36.9 Å². The Hall–Kier alpha value is -1.08. The lowest BCUT2D eigenvalue weighted by Gasteiger charge is -2.06. The van der Waals surface area contributed by atoms with E-state index >= 15 is 0 Å². The van der Waals surface area contributed by atoms with Crippen LogP contribution in [0.3, 0.4) is 0 Å². The predicted octanol–water partition coefficient (Wildman–Crippen LogP) is 2.64. The van der Waals surface area contributed by atoms with Crippen LogP contribution in [0.5, 0.6) is 0 Å². The minimum Gasteiger partial charge on any atom is -0.393 e. The highest BCUT2D eigenvalue weighted by molar-refractivity contribution is 5.51. The fourth-order valence-electron chi connectivity index (χ4n) is 1.33. The number of benzene rings is 1. The van der Waals surface area contributed by atoms with Gasteiger partial charge < -0.3 is 5.11 Å². The fourth-order valence-corrected chi connectivity index (χ4v) is 1.33. The molecule has 0 aliphatic rings. The first-order valence-corrected chi connectivity index (χ1v) is 4.62. The van der Waals surface area contributed by atoms with Gasteiger partial charge in [-0.3, -0.25) is 0 Å². The average molecular weight is 176 g/mol. The largest absolute Gasteiger partial charge is 0.393 e. The highest BCUT2D eigenvalue weighted by Gasteiger charge is 2.00. The van der Waals surface area contributed by atoms with Crippen molar-refractivity contribution < 1.29 is 5.11 Å². The third kappa shape index (κ3) is 3.03. The summed E-state index contributed by atoms with van der Waals surface area (Å²) >= 11 is 0. The Morgan fingerprint density at radius 3 is 2.77 bits per heavy atom. The van der Waals surface area contributed by atoms with Crippen LogP contribution in [-0.2, 0) is 6.42 Å². The van der Waals surface area contributed by atoms with Gasteiger partial charge in [0.2, 0.25) is 0 Å². The monoisotopic (exact) mass is 176 g/mol. The van der Waals surface area contributed by atoms with Crippen molar-refractivity contribution in [3.63, 3.8) is 0 Å². The zero-order valence-electron chi connectivity index (χ0n) is 8.03. The molecule has 1 N–H and O–H groups in total. The van der Waals surface area contributed by atoms with Crippen LogP contribution in [0, 0.1) is 0 Å². The zero-order chi connectivity index (χ0) is 9.68. The lowest BCUT2D eigenvalue weighted by atomic mass is 10.0. The van der Waals surface area contributed by atoms with E-state index in [1.807, 2.05) is 31.2 Å². The fraction of sp³-hybridized carbons (Fsp3) is 0.333. The summed E-state index contributed by atoms with van der Waals surface area (Å²) in [5.74, 6) is 0. The molecule has 0 radical (unpaired) electrons. The van der Waals surface area contributed by atoms with Gasteiger partial charge in [-0.25, -0.2) is 0 Å². The normalized spacial score (nSPS) is 12.5. The topological polar surface area (TPSA) is 20.2 Å². The van der Waals surface area contributed by atoms with Crippen molar-refractivity contribution in [2.45, 2.75) is 25.9 Å². The van der Waals surface area contributed by atoms with Gasteiger partial charge in [0.15, 0.2) is 0 Å². The summed E-state index contributed by atoms with van der Waals surface area (Å²) in [5.41, 5.74) is 2.43. The van der Waals surface area contributed by atoms with Crippen molar-refractivity contribution in [2.75, 3.05) is 0 Å². The van der Waals surface area contributed by atoms with Gasteiger partial charge in [0.25, 0.3) is 0 Å². The summed E-state index contributed by atoms with van der Waals surface area (Å²) < 4.78 is 0. The van der Waals surface area contributed by atoms with E-state index in [1.54, 1.807) is 0 Å². The van der Waals surface area contributed by atoms with E-state index < -0.39 is 0 Å². The molecular weight excluding hydrogens is 160 g/mol. The smallest absolute Gasteiger partial charge is 0.0515 e. The molecule has 1 atom stereocenters. The quantitative estimate of drug-likeness (QED) is 0.747. The van der Waals surface area contributed by atoms with Crippen molar-refractivity contribution in [3.8, 4) is 0 Å². The van der Waals surface area contributed by atoms with Crippen LogP contribution in [0.15, 0.2) is 30.8 Å². The minimum atomic E-state index is -0.224. The lowest BCUT2D eigenvalue weighted by Crippen LogP contribution is -2.02. The summed E-state index contributed by atoms with van der Waals surface area (Å²) in [4.78, 5) is 0. The standard InChI is InChI=1S/C12H16O/c1-3-11-6-4-5-7-12(11)9-8-10(2)13/h3-7,10,13H,1,8-9H2,2H3/t10-/m1/s1. The Labute approximate surface area is 79.7 Å². The molecule has 0 fully saturated rings. The first-order chi connectivity index (χ1) is 6.24. The van der Waals surface area contributed by atoms with Crippen molar-refractivity contribution in [1.29, 1.82) is 0 Å². The second-order valence-corrected chi connectivity index (χ2v) is 3.29. The number of hydrogen-bond donors (Lipinski definition) is 1. The molecule has 13 heavy (non-hydrogen) atoms. The summed E-state index contributed by atoms with van der Waals surface area (Å²) in [6.45, 7) is 5.57. The number of aryl methyl sites for hydroxylation is 1. The molecule has 0 spiro atoms. The number of rotatable bonds is 4. The molecule has 1 aromatic rings. The summed E-state index contributed by atoms with van der Waals surface area (Å²) in [6.07, 6.45) is 3.36. The molecule has 0 saturated carbocycles. The maximum absolute atomic E-state index is 9.15. The van der Waals surface area contributed by atoms with Gasteiger partial charge in [0, 0.05) is 0 Å². The van der Waals surface area contributed by atoms with Gasteiger partial charge in [0.05, 0.1) is 6.10 Å². The van der Waals surface area contributed by atoms with Crippen LogP contribution in [0.4, 0.5) is 0 Å². The molecule has 0 amide bonds. The Morgan fingerprint density at radius 2 is 2.15 bits per heavy atom. The second-order valence-electron chi connectivity index (χ2n) is 3.29. The van der Waals surface area contributed by atoms with E-state index in [9.17, 15) is 0 Å². The first-order valence-electron chi connectivity index (χ1n) is 4.62. The average Bonchev–Trinajstić information content (AvgIpc) is 2.15. The molecule has 0 aliphatic carbocycles. The Morgan fingerprint density at radius 1 is 1.46 bits per heavy atom. The van der Waals surface area contributed by atoms with Gasteiger partial charge >= 0.3 is 0 Å². The van der Waals surface area contributed by atoms with E-state index in [4.69, 9.17) is 5.11 Å². The molecule has 0 saturated heterocycles. The van der Waals surface area contributed by atoms with Crippen LogP contribution in [0.2, 0.25) is 0 Å². The Balaban J connectivity index is 2.69. The van der Waals surface area contributed by atoms with Crippen molar-refractivity contribution in [3.05, 3.63) is 42.0 Å².